The van der Waals surface area contributed by atoms with E-state index in [4.69, 9.17) is 11.6 Å². The van der Waals surface area contributed by atoms with E-state index in [9.17, 15) is 9.18 Å². The molecule has 0 fully saturated rings. The highest BCUT2D eigenvalue weighted by Crippen LogP contribution is 2.21. The molecule has 128 valence electrons. The standard InChI is InChI=1S/C17H14ClFN4OS/c18-13-5-9-15(10-6-13)23-17(20-21-22-23)25-11-1-2-16(24)12-3-7-14(19)8-4-12/h3-10H,1-2,11H2. The lowest BCUT2D eigenvalue weighted by Crippen LogP contribution is -2.01. The molecular weight excluding hydrogens is 363 g/mol. The van der Waals surface area contributed by atoms with E-state index < -0.39 is 0 Å². The fourth-order valence-electron chi connectivity index (χ4n) is 2.19. The molecule has 0 atom stereocenters. The maximum absolute atomic E-state index is 12.9. The number of nitrogens with zero attached hydrogens (tertiary/aromatic N) is 4. The van der Waals surface area contributed by atoms with Crippen LogP contribution in [0.15, 0.2) is 53.7 Å². The first-order valence-electron chi connectivity index (χ1n) is 7.59. The maximum Gasteiger partial charge on any atom is 0.214 e. The van der Waals surface area contributed by atoms with Gasteiger partial charge in [-0.05, 0) is 65.4 Å². The number of benzene rings is 2. The van der Waals surface area contributed by atoms with Gasteiger partial charge >= 0.3 is 0 Å². The highest BCUT2D eigenvalue weighted by atomic mass is 35.5. The normalized spacial score (nSPS) is 10.8. The number of tetrazole rings is 1. The molecular formula is C17H14ClFN4OS. The molecule has 0 radical (unpaired) electrons. The van der Waals surface area contributed by atoms with Crippen LogP contribution in [0.25, 0.3) is 5.69 Å². The van der Waals surface area contributed by atoms with Crippen molar-refractivity contribution in [1.82, 2.24) is 20.2 Å². The number of thioether (sulfide) groups is 1. The van der Waals surface area contributed by atoms with Gasteiger partial charge in [0.2, 0.25) is 5.16 Å². The van der Waals surface area contributed by atoms with Crippen molar-refractivity contribution in [3.05, 3.63) is 64.9 Å². The third-order valence-electron chi connectivity index (χ3n) is 3.46. The van der Waals surface area contributed by atoms with E-state index in [0.29, 0.717) is 34.3 Å². The number of aromatic nitrogens is 4. The number of carbonyl (C=O) groups is 1. The monoisotopic (exact) mass is 376 g/mol. The number of hydrogen-bond donors (Lipinski definition) is 0. The number of halogens is 2. The van der Waals surface area contributed by atoms with Crippen LogP contribution in [0.2, 0.25) is 5.02 Å². The van der Waals surface area contributed by atoms with Gasteiger partial charge < -0.3 is 0 Å². The second-order valence-electron chi connectivity index (χ2n) is 5.23. The fraction of sp³-hybridized carbons (Fsp3) is 0.176. The van der Waals surface area contributed by atoms with Crippen LogP contribution >= 0.6 is 23.4 Å². The van der Waals surface area contributed by atoms with Gasteiger partial charge in [-0.25, -0.2) is 4.39 Å². The summed E-state index contributed by atoms with van der Waals surface area (Å²) in [6.07, 6.45) is 1.06. The summed E-state index contributed by atoms with van der Waals surface area (Å²) in [7, 11) is 0. The van der Waals surface area contributed by atoms with E-state index in [1.807, 2.05) is 12.1 Å². The third-order valence-corrected chi connectivity index (χ3v) is 4.72. The number of ketones is 1. The van der Waals surface area contributed by atoms with Crippen molar-refractivity contribution in [3.8, 4) is 5.69 Å². The SMILES string of the molecule is O=C(CCCSc1nnnn1-c1ccc(Cl)cc1)c1ccc(F)cc1. The van der Waals surface area contributed by atoms with Gasteiger partial charge in [0.05, 0.1) is 5.69 Å². The van der Waals surface area contributed by atoms with E-state index in [1.54, 1.807) is 16.8 Å². The Morgan fingerprint density at radius 3 is 2.56 bits per heavy atom. The molecule has 0 saturated carbocycles. The molecule has 0 aliphatic carbocycles. The average Bonchev–Trinajstić information content (AvgIpc) is 3.08. The molecule has 25 heavy (non-hydrogen) atoms. The molecule has 0 bridgehead atoms. The summed E-state index contributed by atoms with van der Waals surface area (Å²) in [5.41, 5.74) is 1.34. The van der Waals surface area contributed by atoms with E-state index in [2.05, 4.69) is 15.5 Å². The number of hydrogen-bond acceptors (Lipinski definition) is 5. The van der Waals surface area contributed by atoms with Crippen LogP contribution in [0.4, 0.5) is 4.39 Å². The van der Waals surface area contributed by atoms with Crippen LogP contribution in [0.5, 0.6) is 0 Å². The van der Waals surface area contributed by atoms with E-state index in [-0.39, 0.29) is 11.6 Å². The van der Waals surface area contributed by atoms with E-state index >= 15 is 0 Å². The van der Waals surface area contributed by atoms with Gasteiger partial charge in [0.1, 0.15) is 5.82 Å². The van der Waals surface area contributed by atoms with Gasteiger partial charge in [-0.2, -0.15) is 4.68 Å². The first-order chi connectivity index (χ1) is 12.1. The number of carbonyl (C=O) groups excluding carboxylic acids is 1. The van der Waals surface area contributed by atoms with Crippen LogP contribution in [-0.2, 0) is 0 Å². The van der Waals surface area contributed by atoms with Crippen molar-refractivity contribution in [2.75, 3.05) is 5.75 Å². The molecule has 8 heteroatoms. The van der Waals surface area contributed by atoms with Crippen LogP contribution in [0.3, 0.4) is 0 Å². The van der Waals surface area contributed by atoms with E-state index in [1.165, 1.54) is 36.0 Å². The molecule has 0 amide bonds. The van der Waals surface area contributed by atoms with Crippen LogP contribution in [0, 0.1) is 5.82 Å². The van der Waals surface area contributed by atoms with Gasteiger partial charge in [0, 0.05) is 22.8 Å². The molecule has 1 heterocycles. The summed E-state index contributed by atoms with van der Waals surface area (Å²) < 4.78 is 14.5. The Kier molecular flexibility index (Phi) is 5.78. The van der Waals surface area contributed by atoms with Gasteiger partial charge in [-0.3, -0.25) is 4.79 Å². The minimum Gasteiger partial charge on any atom is -0.294 e. The summed E-state index contributed by atoms with van der Waals surface area (Å²) in [6, 6.07) is 12.8. The summed E-state index contributed by atoms with van der Waals surface area (Å²) in [5, 5.41) is 13.0. The van der Waals surface area contributed by atoms with Gasteiger partial charge in [-0.15, -0.1) is 5.10 Å². The lowest BCUT2D eigenvalue weighted by atomic mass is 10.1. The molecule has 0 spiro atoms. The lowest BCUT2D eigenvalue weighted by molar-refractivity contribution is 0.0982. The summed E-state index contributed by atoms with van der Waals surface area (Å²) in [4.78, 5) is 12.0. The first-order valence-corrected chi connectivity index (χ1v) is 8.96. The number of rotatable bonds is 7. The Labute approximate surface area is 153 Å². The first kappa shape index (κ1) is 17.6. The van der Waals surface area contributed by atoms with Gasteiger partial charge in [-0.1, -0.05) is 23.4 Å². The smallest absolute Gasteiger partial charge is 0.214 e. The minimum atomic E-state index is -0.346. The minimum absolute atomic E-state index is 0.00195. The van der Waals surface area contributed by atoms with Crippen LogP contribution < -0.4 is 0 Å². The zero-order chi connectivity index (χ0) is 17.6. The molecule has 1 aromatic heterocycles. The van der Waals surface area contributed by atoms with E-state index in [0.717, 1.165) is 5.69 Å². The second-order valence-corrected chi connectivity index (χ2v) is 6.73. The van der Waals surface area contributed by atoms with Crippen molar-refractivity contribution in [2.24, 2.45) is 0 Å². The Morgan fingerprint density at radius 1 is 1.12 bits per heavy atom. The zero-order valence-corrected chi connectivity index (χ0v) is 14.7. The Morgan fingerprint density at radius 2 is 1.84 bits per heavy atom. The molecule has 0 unspecified atom stereocenters. The summed E-state index contributed by atoms with van der Waals surface area (Å²) in [6.45, 7) is 0. The quantitative estimate of drug-likeness (QED) is 0.351. The van der Waals surface area contributed by atoms with Crippen LogP contribution in [0.1, 0.15) is 23.2 Å². The van der Waals surface area contributed by atoms with Crippen molar-refractivity contribution in [1.29, 1.82) is 0 Å². The van der Waals surface area contributed by atoms with Crippen molar-refractivity contribution in [2.45, 2.75) is 18.0 Å². The third kappa shape index (κ3) is 4.64. The van der Waals surface area contributed by atoms with Crippen molar-refractivity contribution < 1.29 is 9.18 Å². The highest BCUT2D eigenvalue weighted by Gasteiger charge is 2.10. The Hall–Kier alpha value is -2.25. The molecule has 5 nitrogen and oxygen atoms in total. The highest BCUT2D eigenvalue weighted by molar-refractivity contribution is 7.99. The topological polar surface area (TPSA) is 60.7 Å². The Balaban J connectivity index is 1.53. The fourth-order valence-corrected chi connectivity index (χ4v) is 3.15. The van der Waals surface area contributed by atoms with Crippen molar-refractivity contribution >= 4 is 29.1 Å². The van der Waals surface area contributed by atoms with Gasteiger partial charge in [0.15, 0.2) is 5.78 Å². The zero-order valence-electron chi connectivity index (χ0n) is 13.1. The lowest BCUT2D eigenvalue weighted by Gasteiger charge is -2.04. The molecule has 0 N–H and O–H groups in total. The molecule has 0 saturated heterocycles. The predicted molar refractivity (Wildman–Crippen MR) is 94.9 cm³/mol. The van der Waals surface area contributed by atoms with Crippen molar-refractivity contribution in [3.63, 3.8) is 0 Å². The molecule has 2 aromatic carbocycles. The summed E-state index contributed by atoms with van der Waals surface area (Å²) >= 11 is 7.36. The molecule has 3 rings (SSSR count). The molecule has 0 aliphatic heterocycles. The Bertz CT molecular complexity index is 852. The van der Waals surface area contributed by atoms with Gasteiger partial charge in [0.25, 0.3) is 0 Å². The molecule has 0 aliphatic rings. The predicted octanol–water partition coefficient (Wildman–Crippen LogP) is 4.21. The number of Topliss-reactive ketones (excluding diaryl/α,β-unsaturated/α-hetero) is 1. The average molecular weight is 377 g/mol. The molecule has 3 aromatic rings. The maximum atomic E-state index is 12.9. The van der Waals surface area contributed by atoms with Crippen LogP contribution in [-0.4, -0.2) is 31.7 Å². The summed E-state index contributed by atoms with van der Waals surface area (Å²) in [5.74, 6) is 0.347. The largest absolute Gasteiger partial charge is 0.294 e. The second kappa shape index (κ2) is 8.22.